The van der Waals surface area contributed by atoms with Crippen LogP contribution >= 0.6 is 35.0 Å². The van der Waals surface area contributed by atoms with Crippen molar-refractivity contribution in [1.29, 1.82) is 0 Å². The van der Waals surface area contributed by atoms with E-state index in [1.54, 1.807) is 11.8 Å². The average molecular weight is 279 g/mol. The SMILES string of the molecule is CSC(C)CNC(=O)c1cnc(Cl)c(Cl)c1. The normalized spacial score (nSPS) is 12.2. The molecule has 1 unspecified atom stereocenters. The van der Waals surface area contributed by atoms with Crippen LogP contribution in [0.25, 0.3) is 0 Å². The molecule has 0 aliphatic carbocycles. The molecule has 0 aliphatic heterocycles. The van der Waals surface area contributed by atoms with E-state index in [1.807, 2.05) is 13.2 Å². The first kappa shape index (κ1) is 13.6. The third-order valence-electron chi connectivity index (χ3n) is 2.01. The Bertz CT molecular complexity index is 387. The minimum Gasteiger partial charge on any atom is -0.351 e. The Hall–Kier alpha value is -0.450. The Kier molecular flexibility index (Phi) is 5.38. The molecule has 0 fully saturated rings. The Morgan fingerprint density at radius 1 is 1.62 bits per heavy atom. The van der Waals surface area contributed by atoms with Crippen molar-refractivity contribution in [3.63, 3.8) is 0 Å². The molecule has 1 heterocycles. The highest BCUT2D eigenvalue weighted by Gasteiger charge is 2.09. The molecule has 0 aromatic carbocycles. The molecule has 0 saturated heterocycles. The maximum Gasteiger partial charge on any atom is 0.252 e. The van der Waals surface area contributed by atoms with Gasteiger partial charge in [0.25, 0.3) is 5.91 Å². The van der Waals surface area contributed by atoms with Gasteiger partial charge >= 0.3 is 0 Å². The molecule has 6 heteroatoms. The molecule has 0 aliphatic rings. The molecule has 1 N–H and O–H groups in total. The second-order valence-corrected chi connectivity index (χ2v) is 5.29. The van der Waals surface area contributed by atoms with Gasteiger partial charge < -0.3 is 5.32 Å². The van der Waals surface area contributed by atoms with Gasteiger partial charge in [-0.05, 0) is 12.3 Å². The quantitative estimate of drug-likeness (QED) is 0.862. The monoisotopic (exact) mass is 278 g/mol. The standard InChI is InChI=1S/C10H12Cl2N2OS/c1-6(16-2)4-14-10(15)7-3-8(11)9(12)13-5-7/h3,5-6H,4H2,1-2H3,(H,14,15). The van der Waals surface area contributed by atoms with E-state index in [0.717, 1.165) is 0 Å². The van der Waals surface area contributed by atoms with Crippen molar-refractivity contribution in [2.75, 3.05) is 12.8 Å². The lowest BCUT2D eigenvalue weighted by Gasteiger charge is -2.09. The first-order valence-corrected chi connectivity index (χ1v) is 6.71. The summed E-state index contributed by atoms with van der Waals surface area (Å²) < 4.78 is 0. The summed E-state index contributed by atoms with van der Waals surface area (Å²) in [6.07, 6.45) is 3.41. The highest BCUT2D eigenvalue weighted by atomic mass is 35.5. The van der Waals surface area contributed by atoms with Gasteiger partial charge in [-0.25, -0.2) is 4.98 Å². The number of thioether (sulfide) groups is 1. The molecule has 88 valence electrons. The van der Waals surface area contributed by atoms with Crippen molar-refractivity contribution in [1.82, 2.24) is 10.3 Å². The van der Waals surface area contributed by atoms with Crippen LogP contribution in [0.4, 0.5) is 0 Å². The molecule has 0 bridgehead atoms. The summed E-state index contributed by atoms with van der Waals surface area (Å²) in [7, 11) is 0. The molecular weight excluding hydrogens is 267 g/mol. The van der Waals surface area contributed by atoms with Crippen LogP contribution in [-0.2, 0) is 0 Å². The van der Waals surface area contributed by atoms with E-state index < -0.39 is 0 Å². The fourth-order valence-electron chi connectivity index (χ4n) is 0.967. The number of nitrogens with zero attached hydrogens (tertiary/aromatic N) is 1. The van der Waals surface area contributed by atoms with Crippen molar-refractivity contribution in [2.24, 2.45) is 0 Å². The summed E-state index contributed by atoms with van der Waals surface area (Å²) in [6.45, 7) is 2.65. The van der Waals surface area contributed by atoms with E-state index in [4.69, 9.17) is 23.2 Å². The predicted octanol–water partition coefficient (Wildman–Crippen LogP) is 2.87. The van der Waals surface area contributed by atoms with E-state index in [0.29, 0.717) is 17.4 Å². The number of nitrogens with one attached hydrogen (secondary N) is 1. The Morgan fingerprint density at radius 3 is 2.88 bits per heavy atom. The van der Waals surface area contributed by atoms with Crippen LogP contribution in [0, 0.1) is 0 Å². The summed E-state index contributed by atoms with van der Waals surface area (Å²) in [5.41, 5.74) is 0.419. The maximum atomic E-state index is 11.7. The van der Waals surface area contributed by atoms with Crippen molar-refractivity contribution >= 4 is 40.9 Å². The third-order valence-corrected chi connectivity index (χ3v) is 3.67. The number of aromatic nitrogens is 1. The topological polar surface area (TPSA) is 42.0 Å². The summed E-state index contributed by atoms with van der Waals surface area (Å²) in [6, 6.07) is 1.51. The second-order valence-electron chi connectivity index (χ2n) is 3.25. The van der Waals surface area contributed by atoms with Crippen LogP contribution in [0.1, 0.15) is 17.3 Å². The fraction of sp³-hybridized carbons (Fsp3) is 0.400. The Morgan fingerprint density at radius 2 is 2.31 bits per heavy atom. The predicted molar refractivity (Wildman–Crippen MR) is 69.6 cm³/mol. The number of rotatable bonds is 4. The molecule has 3 nitrogen and oxygen atoms in total. The van der Waals surface area contributed by atoms with E-state index in [1.165, 1.54) is 12.3 Å². The lowest BCUT2D eigenvalue weighted by molar-refractivity contribution is 0.0954. The van der Waals surface area contributed by atoms with E-state index in [9.17, 15) is 4.79 Å². The van der Waals surface area contributed by atoms with E-state index >= 15 is 0 Å². The highest BCUT2D eigenvalue weighted by molar-refractivity contribution is 7.99. The van der Waals surface area contributed by atoms with Gasteiger partial charge in [0, 0.05) is 18.0 Å². The van der Waals surface area contributed by atoms with Crippen LogP contribution in [-0.4, -0.2) is 28.9 Å². The maximum absolute atomic E-state index is 11.7. The summed E-state index contributed by atoms with van der Waals surface area (Å²) in [4.78, 5) is 15.5. The first-order valence-electron chi connectivity index (χ1n) is 4.66. The highest BCUT2D eigenvalue weighted by Crippen LogP contribution is 2.19. The van der Waals surface area contributed by atoms with Crippen molar-refractivity contribution in [3.8, 4) is 0 Å². The van der Waals surface area contributed by atoms with Gasteiger partial charge in [-0.1, -0.05) is 30.1 Å². The molecule has 1 atom stereocenters. The molecule has 0 saturated carbocycles. The summed E-state index contributed by atoms with van der Waals surface area (Å²) >= 11 is 13.1. The Balaban J connectivity index is 2.63. The lowest BCUT2D eigenvalue weighted by atomic mass is 10.2. The number of carbonyl (C=O) groups is 1. The molecule has 1 amide bonds. The minimum absolute atomic E-state index is 0.188. The van der Waals surface area contributed by atoms with E-state index in [-0.39, 0.29) is 16.1 Å². The minimum atomic E-state index is -0.188. The smallest absolute Gasteiger partial charge is 0.252 e. The van der Waals surface area contributed by atoms with Crippen molar-refractivity contribution in [2.45, 2.75) is 12.2 Å². The van der Waals surface area contributed by atoms with E-state index in [2.05, 4.69) is 10.3 Å². The van der Waals surface area contributed by atoms with Crippen LogP contribution in [0.3, 0.4) is 0 Å². The number of amides is 1. The zero-order chi connectivity index (χ0) is 12.1. The van der Waals surface area contributed by atoms with Gasteiger partial charge in [0.1, 0.15) is 5.15 Å². The average Bonchev–Trinajstić information content (AvgIpc) is 2.29. The zero-order valence-corrected chi connectivity index (χ0v) is 11.3. The number of halogens is 2. The number of carbonyl (C=O) groups excluding carboxylic acids is 1. The van der Waals surface area contributed by atoms with Gasteiger partial charge in [0.05, 0.1) is 10.6 Å². The largest absolute Gasteiger partial charge is 0.351 e. The molecule has 1 rings (SSSR count). The van der Waals surface area contributed by atoms with Gasteiger partial charge in [0.2, 0.25) is 0 Å². The van der Waals surface area contributed by atoms with Crippen LogP contribution in [0.2, 0.25) is 10.2 Å². The van der Waals surface area contributed by atoms with Crippen LogP contribution in [0.15, 0.2) is 12.3 Å². The van der Waals surface area contributed by atoms with Gasteiger partial charge in [-0.15, -0.1) is 0 Å². The van der Waals surface area contributed by atoms with Crippen LogP contribution in [0.5, 0.6) is 0 Å². The van der Waals surface area contributed by atoms with Gasteiger partial charge in [-0.2, -0.15) is 11.8 Å². The van der Waals surface area contributed by atoms with Crippen molar-refractivity contribution in [3.05, 3.63) is 28.0 Å². The fourth-order valence-corrected chi connectivity index (χ4v) is 1.49. The summed E-state index contributed by atoms with van der Waals surface area (Å²) in [5.74, 6) is -0.188. The molecule has 1 aromatic heterocycles. The lowest BCUT2D eigenvalue weighted by Crippen LogP contribution is -2.29. The summed E-state index contributed by atoms with van der Waals surface area (Å²) in [5, 5.41) is 3.66. The first-order chi connectivity index (χ1) is 7.54. The van der Waals surface area contributed by atoms with Gasteiger partial charge in [-0.3, -0.25) is 4.79 Å². The van der Waals surface area contributed by atoms with Gasteiger partial charge in [0.15, 0.2) is 0 Å². The molecular formula is C10H12Cl2N2OS. The molecule has 0 radical (unpaired) electrons. The molecule has 16 heavy (non-hydrogen) atoms. The molecule has 1 aromatic rings. The van der Waals surface area contributed by atoms with Crippen molar-refractivity contribution < 1.29 is 4.79 Å². The second kappa shape index (κ2) is 6.33. The third kappa shape index (κ3) is 3.85. The zero-order valence-electron chi connectivity index (χ0n) is 8.96. The molecule has 0 spiro atoms. The number of hydrogen-bond acceptors (Lipinski definition) is 3. The number of hydrogen-bond donors (Lipinski definition) is 1. The Labute approximate surface area is 109 Å². The number of pyridine rings is 1. The van der Waals surface area contributed by atoms with Crippen LogP contribution < -0.4 is 5.32 Å².